The largest absolute Gasteiger partial charge is 0.462 e. The van der Waals surface area contributed by atoms with Gasteiger partial charge in [-0.3, -0.25) is 15.1 Å². The average Bonchev–Trinajstić information content (AvgIpc) is 2.61. The van der Waals surface area contributed by atoms with Crippen LogP contribution in [0.25, 0.3) is 0 Å². The maximum absolute atomic E-state index is 11.6. The average molecular weight is 342 g/mol. The van der Waals surface area contributed by atoms with Crippen LogP contribution in [0.1, 0.15) is 22.8 Å². The highest BCUT2D eigenvalue weighted by Crippen LogP contribution is 2.12. The maximum Gasteiger partial charge on any atom is 0.338 e. The zero-order valence-electron chi connectivity index (χ0n) is 13.6. The van der Waals surface area contributed by atoms with Crippen molar-refractivity contribution in [1.82, 2.24) is 10.3 Å². The fraction of sp³-hybridized carbons (Fsp3) is 0.176. The van der Waals surface area contributed by atoms with E-state index >= 15 is 0 Å². The minimum absolute atomic E-state index is 0.227. The number of carbonyl (C=O) groups excluding carboxylic acids is 1. The van der Waals surface area contributed by atoms with Gasteiger partial charge in [-0.15, -0.1) is 0 Å². The Labute approximate surface area is 144 Å². The normalized spacial score (nSPS) is 10.8. The van der Waals surface area contributed by atoms with Gasteiger partial charge in [0.25, 0.3) is 6.20 Å². The first-order chi connectivity index (χ1) is 12.1. The van der Waals surface area contributed by atoms with E-state index < -0.39 is 10.9 Å². The number of ether oxygens (including phenoxy) is 1. The van der Waals surface area contributed by atoms with E-state index in [0.29, 0.717) is 24.4 Å². The number of carbonyl (C=O) groups is 1. The Bertz CT molecular complexity index is 745. The van der Waals surface area contributed by atoms with E-state index in [1.54, 1.807) is 43.6 Å². The topological polar surface area (TPSA) is 106 Å². The van der Waals surface area contributed by atoms with Gasteiger partial charge in [0.15, 0.2) is 5.82 Å². The number of hydrogen-bond acceptors (Lipinski definition) is 7. The van der Waals surface area contributed by atoms with Crippen LogP contribution in [0, 0.1) is 10.1 Å². The third-order valence-electron chi connectivity index (χ3n) is 3.14. The van der Waals surface area contributed by atoms with E-state index in [4.69, 9.17) is 4.74 Å². The molecular formula is C17H18N4O4. The molecule has 0 fully saturated rings. The Morgan fingerprint density at radius 1 is 1.24 bits per heavy atom. The highest BCUT2D eigenvalue weighted by Gasteiger charge is 2.08. The van der Waals surface area contributed by atoms with E-state index in [1.165, 1.54) is 0 Å². The van der Waals surface area contributed by atoms with Gasteiger partial charge in [0.05, 0.1) is 17.1 Å². The molecule has 0 aliphatic rings. The summed E-state index contributed by atoms with van der Waals surface area (Å²) in [7, 11) is 0. The van der Waals surface area contributed by atoms with Gasteiger partial charge in [0.1, 0.15) is 0 Å². The van der Waals surface area contributed by atoms with E-state index in [0.717, 1.165) is 11.8 Å². The van der Waals surface area contributed by atoms with Crippen molar-refractivity contribution in [3.8, 4) is 0 Å². The first kappa shape index (κ1) is 17.9. The van der Waals surface area contributed by atoms with Crippen LogP contribution in [0.4, 0.5) is 5.69 Å². The molecule has 2 aromatic rings. The molecule has 1 heterocycles. The number of benzene rings is 1. The van der Waals surface area contributed by atoms with Crippen molar-refractivity contribution in [3.63, 3.8) is 0 Å². The van der Waals surface area contributed by atoms with Gasteiger partial charge in [-0.05, 0) is 48.9 Å². The first-order valence-electron chi connectivity index (χ1n) is 7.60. The summed E-state index contributed by atoms with van der Waals surface area (Å²) in [5.74, 6) is -0.184. The number of aromatic nitrogens is 1. The minimum atomic E-state index is -0.547. The Balaban J connectivity index is 2.04. The first-order valence-corrected chi connectivity index (χ1v) is 7.60. The van der Waals surface area contributed by atoms with Crippen LogP contribution in [0.2, 0.25) is 0 Å². The summed E-state index contributed by atoms with van der Waals surface area (Å²) in [4.78, 5) is 25.8. The molecule has 2 N–H and O–H groups in total. The van der Waals surface area contributed by atoms with Crippen molar-refractivity contribution >= 4 is 11.7 Å². The molecule has 0 aliphatic heterocycles. The third-order valence-corrected chi connectivity index (χ3v) is 3.14. The lowest BCUT2D eigenvalue weighted by Gasteiger charge is -2.12. The molecule has 0 saturated carbocycles. The molecule has 0 amide bonds. The van der Waals surface area contributed by atoms with Crippen molar-refractivity contribution in [2.45, 2.75) is 13.5 Å². The van der Waals surface area contributed by atoms with Crippen LogP contribution < -0.4 is 10.6 Å². The Morgan fingerprint density at radius 3 is 2.52 bits per heavy atom. The lowest BCUT2D eigenvalue weighted by Crippen LogP contribution is -2.20. The molecule has 1 aromatic carbocycles. The molecule has 0 saturated heterocycles. The third kappa shape index (κ3) is 5.94. The van der Waals surface area contributed by atoms with Crippen LogP contribution in [0.5, 0.6) is 0 Å². The van der Waals surface area contributed by atoms with Crippen molar-refractivity contribution < 1.29 is 14.5 Å². The second-order valence-electron chi connectivity index (χ2n) is 4.96. The number of nitrogens with one attached hydrogen (secondary N) is 2. The quantitative estimate of drug-likeness (QED) is 0.431. The number of esters is 1. The van der Waals surface area contributed by atoms with Crippen LogP contribution >= 0.6 is 0 Å². The van der Waals surface area contributed by atoms with Gasteiger partial charge in [-0.1, -0.05) is 0 Å². The molecule has 0 unspecified atom stereocenters. The number of pyridine rings is 1. The Hall–Kier alpha value is -3.42. The zero-order chi connectivity index (χ0) is 18.1. The molecule has 0 bridgehead atoms. The summed E-state index contributed by atoms with van der Waals surface area (Å²) in [6.07, 6.45) is 4.14. The molecule has 0 atom stereocenters. The number of anilines is 1. The number of rotatable bonds is 8. The van der Waals surface area contributed by atoms with Crippen LogP contribution in [0.15, 0.2) is 60.8 Å². The summed E-state index contributed by atoms with van der Waals surface area (Å²) in [5.41, 5.74) is 1.95. The highest BCUT2D eigenvalue weighted by molar-refractivity contribution is 5.89. The van der Waals surface area contributed by atoms with Gasteiger partial charge in [0, 0.05) is 24.6 Å². The summed E-state index contributed by atoms with van der Waals surface area (Å²) in [6, 6.07) is 10.1. The molecule has 8 heteroatoms. The molecule has 2 rings (SSSR count). The van der Waals surface area contributed by atoms with Crippen molar-refractivity contribution in [2.24, 2.45) is 0 Å². The molecule has 0 spiro atoms. The number of hydrogen-bond donors (Lipinski definition) is 2. The van der Waals surface area contributed by atoms with Gasteiger partial charge in [-0.25, -0.2) is 4.79 Å². The summed E-state index contributed by atoms with van der Waals surface area (Å²) in [6.45, 7) is 2.43. The second kappa shape index (κ2) is 9.02. The molecule has 130 valence electrons. The van der Waals surface area contributed by atoms with Crippen molar-refractivity contribution in [1.29, 1.82) is 0 Å². The fourth-order valence-corrected chi connectivity index (χ4v) is 1.99. The second-order valence-corrected chi connectivity index (χ2v) is 4.96. The standard InChI is InChI=1S/C17H18N4O4/c1-2-25-17(22)14-3-5-15(6-4-14)20-16(12-21(23)24)19-11-13-7-9-18-10-8-13/h3-10,12,19-20H,2,11H2,1H3. The molecular weight excluding hydrogens is 324 g/mol. The predicted octanol–water partition coefficient (Wildman–Crippen LogP) is 2.54. The number of nitro groups is 1. The summed E-state index contributed by atoms with van der Waals surface area (Å²) in [5, 5.41) is 16.7. The maximum atomic E-state index is 11.6. The van der Waals surface area contributed by atoms with Crippen molar-refractivity contribution in [3.05, 3.63) is 82.1 Å². The fourth-order valence-electron chi connectivity index (χ4n) is 1.99. The number of nitrogens with zero attached hydrogens (tertiary/aromatic N) is 2. The monoisotopic (exact) mass is 342 g/mol. The van der Waals surface area contributed by atoms with Crippen molar-refractivity contribution in [2.75, 3.05) is 11.9 Å². The van der Waals surface area contributed by atoms with E-state index in [-0.39, 0.29) is 5.82 Å². The van der Waals surface area contributed by atoms with Crippen LogP contribution in [-0.4, -0.2) is 22.5 Å². The zero-order valence-corrected chi connectivity index (χ0v) is 13.6. The SMILES string of the molecule is CCOC(=O)c1ccc(NC(=C[N+](=O)[O-])NCc2ccncc2)cc1. The van der Waals surface area contributed by atoms with E-state index in [2.05, 4.69) is 15.6 Å². The van der Waals surface area contributed by atoms with Crippen LogP contribution in [0.3, 0.4) is 0 Å². The van der Waals surface area contributed by atoms with Gasteiger partial charge in [0.2, 0.25) is 0 Å². The van der Waals surface area contributed by atoms with Gasteiger partial charge >= 0.3 is 5.97 Å². The Morgan fingerprint density at radius 2 is 1.92 bits per heavy atom. The Kier molecular flexibility index (Phi) is 6.47. The molecule has 1 aromatic heterocycles. The van der Waals surface area contributed by atoms with Gasteiger partial charge in [-0.2, -0.15) is 0 Å². The molecule has 0 radical (unpaired) electrons. The summed E-state index contributed by atoms with van der Waals surface area (Å²) < 4.78 is 4.91. The predicted molar refractivity (Wildman–Crippen MR) is 92.2 cm³/mol. The molecule has 8 nitrogen and oxygen atoms in total. The molecule has 0 aliphatic carbocycles. The minimum Gasteiger partial charge on any atom is -0.462 e. The summed E-state index contributed by atoms with van der Waals surface area (Å²) >= 11 is 0. The van der Waals surface area contributed by atoms with Gasteiger partial charge < -0.3 is 15.4 Å². The molecule has 25 heavy (non-hydrogen) atoms. The smallest absolute Gasteiger partial charge is 0.338 e. The highest BCUT2D eigenvalue weighted by atomic mass is 16.6. The lowest BCUT2D eigenvalue weighted by molar-refractivity contribution is -0.403. The van der Waals surface area contributed by atoms with Crippen LogP contribution in [-0.2, 0) is 11.3 Å². The lowest BCUT2D eigenvalue weighted by atomic mass is 10.2. The van der Waals surface area contributed by atoms with E-state index in [1.807, 2.05) is 12.1 Å². The van der Waals surface area contributed by atoms with E-state index in [9.17, 15) is 14.9 Å².